The third kappa shape index (κ3) is 1.37. The number of carbonyl (C=O) groups excluding carboxylic acids is 1. The third-order valence-electron chi connectivity index (χ3n) is 1.71. The van der Waals surface area contributed by atoms with E-state index in [0.29, 0.717) is 0 Å². The Morgan fingerprint density at radius 2 is 1.92 bits per heavy atom. The van der Waals surface area contributed by atoms with Gasteiger partial charge < -0.3 is 10.3 Å². The van der Waals surface area contributed by atoms with Gasteiger partial charge in [0, 0.05) is 20.3 Å². The lowest BCUT2D eigenvalue weighted by Crippen LogP contribution is -2.40. The average Bonchev–Trinajstić information content (AvgIpc) is 2.07. The van der Waals surface area contributed by atoms with Crippen LogP contribution in [0.25, 0.3) is 0 Å². The second-order valence-corrected chi connectivity index (χ2v) is 2.66. The summed E-state index contributed by atoms with van der Waals surface area (Å²) in [6, 6.07) is 0. The Morgan fingerprint density at radius 3 is 2.38 bits per heavy atom. The van der Waals surface area contributed by atoms with Crippen molar-refractivity contribution in [3.05, 3.63) is 32.6 Å². The number of aromatic nitrogens is 2. The summed E-state index contributed by atoms with van der Waals surface area (Å²) in [6.07, 6.45) is 1.13. The summed E-state index contributed by atoms with van der Waals surface area (Å²) in [4.78, 5) is 33.1. The van der Waals surface area contributed by atoms with Crippen LogP contribution in [0.2, 0.25) is 0 Å². The van der Waals surface area contributed by atoms with Gasteiger partial charge in [-0.2, -0.15) is 0 Å². The summed E-state index contributed by atoms with van der Waals surface area (Å²) in [5.41, 5.74) is 3.58. The molecule has 1 aromatic heterocycles. The van der Waals surface area contributed by atoms with Crippen molar-refractivity contribution < 1.29 is 4.79 Å². The first-order chi connectivity index (χ1) is 5.95. The molecule has 0 radical (unpaired) electrons. The molecule has 1 amide bonds. The number of hydrogen-bond donors (Lipinski definition) is 1. The molecule has 0 aliphatic rings. The molecule has 6 nitrogen and oxygen atoms in total. The molecular formula is C7H9N3O3. The van der Waals surface area contributed by atoms with Crippen molar-refractivity contribution in [2.24, 2.45) is 19.8 Å². The lowest BCUT2D eigenvalue weighted by molar-refractivity contribution is 0.0997. The molecule has 0 aliphatic heterocycles. The zero-order valence-corrected chi connectivity index (χ0v) is 7.27. The second kappa shape index (κ2) is 2.89. The molecule has 0 saturated heterocycles. The summed E-state index contributed by atoms with van der Waals surface area (Å²) in [7, 11) is 2.73. The van der Waals surface area contributed by atoms with Gasteiger partial charge in [-0.05, 0) is 0 Å². The van der Waals surface area contributed by atoms with Crippen LogP contribution in [0, 0.1) is 0 Å². The highest BCUT2D eigenvalue weighted by atomic mass is 16.2. The van der Waals surface area contributed by atoms with Crippen LogP contribution in [0.4, 0.5) is 0 Å². The van der Waals surface area contributed by atoms with E-state index in [1.54, 1.807) is 0 Å². The Labute approximate surface area is 73.2 Å². The molecule has 0 atom stereocenters. The minimum atomic E-state index is -0.837. The van der Waals surface area contributed by atoms with Gasteiger partial charge in [-0.25, -0.2) is 4.79 Å². The minimum Gasteiger partial charge on any atom is -0.365 e. The van der Waals surface area contributed by atoms with Crippen LogP contribution in [-0.2, 0) is 14.1 Å². The van der Waals surface area contributed by atoms with Crippen molar-refractivity contribution in [1.82, 2.24) is 9.13 Å². The molecule has 0 aliphatic carbocycles. The first kappa shape index (κ1) is 9.24. The standard InChI is InChI=1S/C7H9N3O3/c1-9-3-4(5(8)11)6(12)10(2)7(9)13/h3H,1-2H3,(H2,8,11). The van der Waals surface area contributed by atoms with Crippen molar-refractivity contribution in [2.45, 2.75) is 0 Å². The molecule has 0 fully saturated rings. The average molecular weight is 183 g/mol. The van der Waals surface area contributed by atoms with Gasteiger partial charge in [-0.15, -0.1) is 0 Å². The monoisotopic (exact) mass is 183 g/mol. The van der Waals surface area contributed by atoms with Crippen molar-refractivity contribution in [3.63, 3.8) is 0 Å². The van der Waals surface area contributed by atoms with Gasteiger partial charge in [-0.1, -0.05) is 0 Å². The maximum atomic E-state index is 11.2. The molecule has 2 N–H and O–H groups in total. The summed E-state index contributed by atoms with van der Waals surface area (Å²) < 4.78 is 1.96. The van der Waals surface area contributed by atoms with E-state index in [-0.39, 0.29) is 5.56 Å². The van der Waals surface area contributed by atoms with Gasteiger partial charge in [0.05, 0.1) is 0 Å². The summed E-state index contributed by atoms with van der Waals surface area (Å²) in [5.74, 6) is -0.837. The fraction of sp³-hybridized carbons (Fsp3) is 0.286. The molecule has 0 spiro atoms. The van der Waals surface area contributed by atoms with Crippen molar-refractivity contribution in [2.75, 3.05) is 0 Å². The van der Waals surface area contributed by atoms with E-state index >= 15 is 0 Å². The van der Waals surface area contributed by atoms with Crippen molar-refractivity contribution >= 4 is 5.91 Å². The largest absolute Gasteiger partial charge is 0.365 e. The second-order valence-electron chi connectivity index (χ2n) is 2.66. The molecule has 1 rings (SSSR count). The van der Waals surface area contributed by atoms with Gasteiger partial charge in [0.25, 0.3) is 11.5 Å². The molecule has 0 aromatic carbocycles. The van der Waals surface area contributed by atoms with E-state index in [2.05, 4.69) is 0 Å². The van der Waals surface area contributed by atoms with Crippen LogP contribution in [0.3, 0.4) is 0 Å². The molecule has 0 saturated carbocycles. The highest BCUT2D eigenvalue weighted by molar-refractivity contribution is 5.91. The fourth-order valence-electron chi connectivity index (χ4n) is 0.977. The van der Waals surface area contributed by atoms with Crippen molar-refractivity contribution in [3.8, 4) is 0 Å². The molecular weight excluding hydrogens is 174 g/mol. The van der Waals surface area contributed by atoms with Crippen LogP contribution in [-0.4, -0.2) is 15.0 Å². The molecule has 0 bridgehead atoms. The van der Waals surface area contributed by atoms with Gasteiger partial charge in [0.2, 0.25) is 0 Å². The Kier molecular flexibility index (Phi) is 2.05. The molecule has 0 unspecified atom stereocenters. The van der Waals surface area contributed by atoms with Crippen LogP contribution < -0.4 is 17.0 Å². The van der Waals surface area contributed by atoms with E-state index in [0.717, 1.165) is 15.3 Å². The van der Waals surface area contributed by atoms with Gasteiger partial charge in [0.15, 0.2) is 0 Å². The van der Waals surface area contributed by atoms with E-state index in [9.17, 15) is 14.4 Å². The molecule has 13 heavy (non-hydrogen) atoms. The topological polar surface area (TPSA) is 87.1 Å². The lowest BCUT2D eigenvalue weighted by Gasteiger charge is -2.02. The molecule has 70 valence electrons. The number of aryl methyl sites for hydroxylation is 1. The fourth-order valence-corrected chi connectivity index (χ4v) is 0.977. The molecule has 6 heteroatoms. The summed E-state index contributed by atoms with van der Waals surface area (Å²) >= 11 is 0. The molecule has 1 heterocycles. The first-order valence-corrected chi connectivity index (χ1v) is 3.51. The number of primary amides is 1. The Balaban J connectivity index is 3.70. The smallest absolute Gasteiger partial charge is 0.330 e. The number of rotatable bonds is 1. The number of hydrogen-bond acceptors (Lipinski definition) is 3. The Morgan fingerprint density at radius 1 is 1.38 bits per heavy atom. The lowest BCUT2D eigenvalue weighted by atomic mass is 10.3. The number of amides is 1. The SMILES string of the molecule is Cn1cc(C(N)=O)c(=O)n(C)c1=O. The van der Waals surface area contributed by atoms with Crippen LogP contribution >= 0.6 is 0 Å². The van der Waals surface area contributed by atoms with Crippen LogP contribution in [0.5, 0.6) is 0 Å². The zero-order chi connectivity index (χ0) is 10.2. The maximum absolute atomic E-state index is 11.2. The predicted molar refractivity (Wildman–Crippen MR) is 45.4 cm³/mol. The van der Waals surface area contributed by atoms with E-state index in [1.165, 1.54) is 14.1 Å². The highest BCUT2D eigenvalue weighted by Crippen LogP contribution is 1.84. The number of nitrogens with zero attached hydrogens (tertiary/aromatic N) is 2. The quantitative estimate of drug-likeness (QED) is 0.556. The van der Waals surface area contributed by atoms with Gasteiger partial charge in [0.1, 0.15) is 5.56 Å². The summed E-state index contributed by atoms with van der Waals surface area (Å²) in [5, 5.41) is 0. The van der Waals surface area contributed by atoms with E-state index < -0.39 is 17.2 Å². The van der Waals surface area contributed by atoms with E-state index in [4.69, 9.17) is 5.73 Å². The molecule has 1 aromatic rings. The first-order valence-electron chi connectivity index (χ1n) is 3.51. The van der Waals surface area contributed by atoms with Crippen LogP contribution in [0.15, 0.2) is 15.8 Å². The van der Waals surface area contributed by atoms with E-state index in [1.807, 2.05) is 0 Å². The number of nitrogens with two attached hydrogens (primary N) is 1. The Hall–Kier alpha value is -1.85. The minimum absolute atomic E-state index is 0.190. The maximum Gasteiger partial charge on any atom is 0.330 e. The van der Waals surface area contributed by atoms with Gasteiger partial charge in [-0.3, -0.25) is 14.2 Å². The van der Waals surface area contributed by atoms with Gasteiger partial charge >= 0.3 is 5.69 Å². The third-order valence-corrected chi connectivity index (χ3v) is 1.71. The van der Waals surface area contributed by atoms with Crippen molar-refractivity contribution in [1.29, 1.82) is 0 Å². The predicted octanol–water partition coefficient (Wildman–Crippen LogP) is -1.82. The van der Waals surface area contributed by atoms with Crippen LogP contribution in [0.1, 0.15) is 10.4 Å². The normalized spacial score (nSPS) is 10.0. The summed E-state index contributed by atoms with van der Waals surface area (Å²) in [6.45, 7) is 0. The number of carbonyl (C=O) groups is 1. The zero-order valence-electron chi connectivity index (χ0n) is 7.27. The Bertz CT molecular complexity index is 469. The highest BCUT2D eigenvalue weighted by Gasteiger charge is 2.10.